The summed E-state index contributed by atoms with van der Waals surface area (Å²) in [6.45, 7) is 4.17. The summed E-state index contributed by atoms with van der Waals surface area (Å²) in [4.78, 5) is 12.5. The summed E-state index contributed by atoms with van der Waals surface area (Å²) in [6.07, 6.45) is 53.2. The number of rotatable bonds is 41. The molecule has 0 aliphatic carbocycles. The first-order chi connectivity index (χ1) is 25.6. The van der Waals surface area contributed by atoms with E-state index in [-0.39, 0.29) is 6.61 Å². The third kappa shape index (κ3) is 36.9. The Morgan fingerprint density at radius 2 is 0.788 bits per heavy atom. The van der Waals surface area contributed by atoms with Crippen molar-refractivity contribution in [2.24, 2.45) is 0 Å². The maximum atomic E-state index is 12.5. The van der Waals surface area contributed by atoms with Crippen molar-refractivity contribution in [3.63, 3.8) is 0 Å². The number of unbranched alkanes of at least 4 members (excludes halogenated alkanes) is 29. The molecule has 0 bridgehead atoms. The fourth-order valence-electron chi connectivity index (χ4n) is 6.86. The number of hydrogen-bond acceptors (Lipinski definition) is 4. The minimum atomic E-state index is -1.11. The van der Waals surface area contributed by atoms with Crippen LogP contribution in [0.15, 0.2) is 36.5 Å². The van der Waals surface area contributed by atoms with Crippen molar-refractivity contribution in [1.29, 1.82) is 0 Å². The van der Waals surface area contributed by atoms with Gasteiger partial charge in [0.05, 0.1) is 18.8 Å². The van der Waals surface area contributed by atoms with Crippen molar-refractivity contribution in [1.82, 2.24) is 5.32 Å². The van der Waals surface area contributed by atoms with Crippen molar-refractivity contribution in [2.45, 2.75) is 250 Å². The molecule has 0 aromatic heterocycles. The molecular weight excluding hydrogens is 643 g/mol. The molecule has 0 aliphatic heterocycles. The van der Waals surface area contributed by atoms with Gasteiger partial charge in [-0.1, -0.05) is 224 Å². The van der Waals surface area contributed by atoms with Gasteiger partial charge in [0.2, 0.25) is 5.91 Å². The van der Waals surface area contributed by atoms with Crippen LogP contribution < -0.4 is 5.32 Å². The highest BCUT2D eigenvalue weighted by atomic mass is 16.3. The molecule has 0 spiro atoms. The molecular formula is C47H89NO4. The number of nitrogens with one attached hydrogen (secondary N) is 1. The molecule has 306 valence electrons. The van der Waals surface area contributed by atoms with Crippen LogP contribution in [0.4, 0.5) is 0 Å². The average Bonchev–Trinajstić information content (AvgIpc) is 3.15. The molecule has 5 nitrogen and oxygen atoms in total. The van der Waals surface area contributed by atoms with E-state index in [4.69, 9.17) is 0 Å². The molecule has 0 aromatic rings. The molecule has 0 saturated heterocycles. The van der Waals surface area contributed by atoms with Gasteiger partial charge in [0, 0.05) is 0 Å². The second kappa shape index (κ2) is 42.3. The Balaban J connectivity index is 3.71. The van der Waals surface area contributed by atoms with Crippen LogP contribution in [-0.4, -0.2) is 46.1 Å². The van der Waals surface area contributed by atoms with E-state index in [1.165, 1.54) is 167 Å². The van der Waals surface area contributed by atoms with Gasteiger partial charge in [-0.2, -0.15) is 0 Å². The zero-order valence-electron chi connectivity index (χ0n) is 34.7. The number of carbonyl (C=O) groups excluding carboxylic acids is 1. The molecule has 0 rings (SSSR count). The summed E-state index contributed by atoms with van der Waals surface area (Å²) < 4.78 is 0. The van der Waals surface area contributed by atoms with Gasteiger partial charge < -0.3 is 20.6 Å². The van der Waals surface area contributed by atoms with Crippen LogP contribution in [0, 0.1) is 0 Å². The summed E-state index contributed by atoms with van der Waals surface area (Å²) in [6, 6.07) is -0.818. The van der Waals surface area contributed by atoms with Crippen LogP contribution >= 0.6 is 0 Å². The van der Waals surface area contributed by atoms with Gasteiger partial charge in [-0.05, 0) is 44.9 Å². The standard InChI is InChI=1S/C47H89NO4/c1-3-5-7-9-11-13-15-17-19-21-23-25-27-29-31-33-35-37-39-41-45(50)44(43-49)48-47(52)46(51)42-40-38-36-34-32-30-28-26-24-22-20-18-16-14-12-10-8-6-4-2/h23,25,31,33,39,41,44-46,49-51H,3-22,24,26-30,32,34-38,40,42-43H2,1-2H3,(H,48,52)/b25-23+,33-31+,41-39+. The maximum Gasteiger partial charge on any atom is 0.249 e. The van der Waals surface area contributed by atoms with Gasteiger partial charge in [0.15, 0.2) is 0 Å². The van der Waals surface area contributed by atoms with Gasteiger partial charge in [-0.15, -0.1) is 0 Å². The van der Waals surface area contributed by atoms with E-state index in [1.54, 1.807) is 6.08 Å². The molecule has 3 unspecified atom stereocenters. The van der Waals surface area contributed by atoms with Crippen LogP contribution in [-0.2, 0) is 4.79 Å². The van der Waals surface area contributed by atoms with Gasteiger partial charge >= 0.3 is 0 Å². The summed E-state index contributed by atoms with van der Waals surface area (Å²) in [5.41, 5.74) is 0. The number of allylic oxidation sites excluding steroid dienone is 5. The second-order valence-electron chi connectivity index (χ2n) is 15.6. The average molecular weight is 732 g/mol. The van der Waals surface area contributed by atoms with Gasteiger partial charge in [-0.25, -0.2) is 0 Å². The molecule has 0 aromatic carbocycles. The highest BCUT2D eigenvalue weighted by Crippen LogP contribution is 2.16. The molecule has 0 fully saturated rings. The fourth-order valence-corrected chi connectivity index (χ4v) is 6.86. The van der Waals surface area contributed by atoms with Crippen LogP contribution in [0.1, 0.15) is 232 Å². The smallest absolute Gasteiger partial charge is 0.249 e. The Morgan fingerprint density at radius 3 is 1.17 bits per heavy atom. The molecule has 52 heavy (non-hydrogen) atoms. The van der Waals surface area contributed by atoms with Gasteiger partial charge in [0.25, 0.3) is 0 Å². The van der Waals surface area contributed by atoms with Crippen molar-refractivity contribution >= 4 is 5.91 Å². The van der Waals surface area contributed by atoms with Crippen LogP contribution in [0.2, 0.25) is 0 Å². The highest BCUT2D eigenvalue weighted by molar-refractivity contribution is 5.80. The van der Waals surface area contributed by atoms with E-state index in [9.17, 15) is 20.1 Å². The minimum Gasteiger partial charge on any atom is -0.394 e. The molecule has 3 atom stereocenters. The lowest BCUT2D eigenvalue weighted by molar-refractivity contribution is -0.131. The highest BCUT2D eigenvalue weighted by Gasteiger charge is 2.22. The lowest BCUT2D eigenvalue weighted by atomic mass is 10.0. The lowest BCUT2D eigenvalue weighted by Crippen LogP contribution is -2.48. The first-order valence-electron chi connectivity index (χ1n) is 22.8. The summed E-state index contributed by atoms with van der Waals surface area (Å²) in [7, 11) is 0. The van der Waals surface area contributed by atoms with Crippen LogP contribution in [0.3, 0.4) is 0 Å². The van der Waals surface area contributed by atoms with Crippen LogP contribution in [0.25, 0.3) is 0 Å². The van der Waals surface area contributed by atoms with E-state index in [0.29, 0.717) is 6.42 Å². The molecule has 1 amide bonds. The number of carbonyl (C=O) groups is 1. The Hall–Kier alpha value is -1.43. The van der Waals surface area contributed by atoms with E-state index < -0.39 is 24.2 Å². The number of hydrogen-bond donors (Lipinski definition) is 4. The van der Waals surface area contributed by atoms with E-state index in [1.807, 2.05) is 6.08 Å². The molecule has 0 heterocycles. The minimum absolute atomic E-state index is 0.379. The number of amides is 1. The first kappa shape index (κ1) is 50.6. The number of aliphatic hydroxyl groups excluding tert-OH is 3. The molecule has 4 N–H and O–H groups in total. The fraction of sp³-hybridized carbons (Fsp3) is 0.851. The largest absolute Gasteiger partial charge is 0.394 e. The van der Waals surface area contributed by atoms with Crippen molar-refractivity contribution in [3.05, 3.63) is 36.5 Å². The van der Waals surface area contributed by atoms with Crippen molar-refractivity contribution in [3.8, 4) is 0 Å². The SMILES string of the molecule is CCCCCCCCCCC/C=C/CC/C=C/CC/C=C/C(O)C(CO)NC(=O)C(O)CCCCCCCCCCCCCCCCCCCCC. The monoisotopic (exact) mass is 732 g/mol. The zero-order valence-corrected chi connectivity index (χ0v) is 34.7. The van der Waals surface area contributed by atoms with Crippen molar-refractivity contribution in [2.75, 3.05) is 6.61 Å². The van der Waals surface area contributed by atoms with E-state index in [0.717, 1.165) is 44.9 Å². The van der Waals surface area contributed by atoms with E-state index >= 15 is 0 Å². The quantitative estimate of drug-likeness (QED) is 0.0372. The molecule has 5 heteroatoms. The Bertz CT molecular complexity index is 809. The molecule has 0 radical (unpaired) electrons. The topological polar surface area (TPSA) is 89.8 Å². The summed E-state index contributed by atoms with van der Waals surface area (Å²) in [5.74, 6) is -0.515. The van der Waals surface area contributed by atoms with Gasteiger partial charge in [-0.3, -0.25) is 4.79 Å². The first-order valence-corrected chi connectivity index (χ1v) is 22.8. The van der Waals surface area contributed by atoms with Crippen molar-refractivity contribution < 1.29 is 20.1 Å². The lowest BCUT2D eigenvalue weighted by Gasteiger charge is -2.21. The van der Waals surface area contributed by atoms with Gasteiger partial charge in [0.1, 0.15) is 6.10 Å². The Kier molecular flexibility index (Phi) is 41.1. The number of aliphatic hydroxyl groups is 3. The zero-order chi connectivity index (χ0) is 38.0. The maximum absolute atomic E-state index is 12.5. The molecule has 0 saturated carbocycles. The van der Waals surface area contributed by atoms with E-state index in [2.05, 4.69) is 43.5 Å². The second-order valence-corrected chi connectivity index (χ2v) is 15.6. The normalized spacial score (nSPS) is 13.9. The predicted molar refractivity (Wildman–Crippen MR) is 227 cm³/mol. The predicted octanol–water partition coefficient (Wildman–Crippen LogP) is 13.2. The summed E-state index contributed by atoms with van der Waals surface area (Å²) >= 11 is 0. The summed E-state index contributed by atoms with van der Waals surface area (Å²) in [5, 5.41) is 33.1. The Morgan fingerprint density at radius 1 is 0.462 bits per heavy atom. The van der Waals surface area contributed by atoms with Crippen LogP contribution in [0.5, 0.6) is 0 Å². The third-order valence-corrected chi connectivity index (χ3v) is 10.5. The Labute approximate surface area is 324 Å². The molecule has 0 aliphatic rings. The third-order valence-electron chi connectivity index (χ3n) is 10.5.